The molecule has 2 atom stereocenters. The Morgan fingerprint density at radius 1 is 1.52 bits per heavy atom. The second-order valence-electron chi connectivity index (χ2n) is 6.22. The van der Waals surface area contributed by atoms with Crippen molar-refractivity contribution < 1.29 is 5.11 Å². The van der Waals surface area contributed by atoms with Crippen LogP contribution in [0, 0.1) is 5.92 Å². The molecule has 1 unspecified atom stereocenters. The average Bonchev–Trinajstić information content (AvgIpc) is 2.93. The monoisotopic (exact) mass is 432 g/mol. The molecule has 0 radical (unpaired) electrons. The molecule has 0 bridgehead atoms. The minimum Gasteiger partial charge on any atom is -0.391 e. The number of hydrogen-bond acceptors (Lipinski definition) is 3. The molecule has 0 amide bonds. The largest absolute Gasteiger partial charge is 0.391 e. The lowest BCUT2D eigenvalue weighted by Crippen LogP contribution is -2.40. The fourth-order valence-corrected chi connectivity index (χ4v) is 2.84. The van der Waals surface area contributed by atoms with Crippen LogP contribution in [0.2, 0.25) is 0 Å². The van der Waals surface area contributed by atoms with Gasteiger partial charge in [0, 0.05) is 44.5 Å². The molecule has 0 spiro atoms. The van der Waals surface area contributed by atoms with E-state index >= 15 is 0 Å². The summed E-state index contributed by atoms with van der Waals surface area (Å²) >= 11 is 0. The molecule has 2 rings (SSSR count). The van der Waals surface area contributed by atoms with Crippen LogP contribution in [-0.4, -0.2) is 53.2 Å². The molecule has 2 heterocycles. The van der Waals surface area contributed by atoms with Crippen molar-refractivity contribution in [3.63, 3.8) is 0 Å². The van der Waals surface area contributed by atoms with Crippen molar-refractivity contribution in [2.24, 2.45) is 10.9 Å². The summed E-state index contributed by atoms with van der Waals surface area (Å²) in [6.45, 7) is 9.63. The summed E-state index contributed by atoms with van der Waals surface area (Å²) in [7, 11) is 0. The van der Waals surface area contributed by atoms with Gasteiger partial charge in [0.1, 0.15) is 0 Å². The Kier molecular flexibility index (Phi) is 8.83. The van der Waals surface area contributed by atoms with Crippen LogP contribution in [0.15, 0.2) is 29.5 Å². The first kappa shape index (κ1) is 20.2. The third kappa shape index (κ3) is 5.91. The zero-order valence-corrected chi connectivity index (χ0v) is 16.6. The lowest BCUT2D eigenvalue weighted by atomic mass is 9.89. The molecule has 0 aromatic carbocycles. The summed E-state index contributed by atoms with van der Waals surface area (Å²) in [6.07, 6.45) is 4.33. The maximum absolute atomic E-state index is 9.73. The minimum absolute atomic E-state index is 0. The molecule has 23 heavy (non-hydrogen) atoms. The van der Waals surface area contributed by atoms with Crippen LogP contribution in [-0.2, 0) is 0 Å². The van der Waals surface area contributed by atoms with E-state index in [4.69, 9.17) is 4.99 Å². The minimum atomic E-state index is -0.233. The zero-order valence-electron chi connectivity index (χ0n) is 14.3. The maximum atomic E-state index is 9.73. The standard InChI is InChI=1S/C17H28N4O.HI/c1-4-19-17(21-9-7-15(22)12-21)20-11-16(13(2)3)14-6-5-8-18-10-14;/h5-6,8,10,13,15-16,22H,4,7,9,11-12H2,1-3H3,(H,19,20);1H/t15-,16?;/m1./s1. The van der Waals surface area contributed by atoms with Gasteiger partial charge >= 0.3 is 0 Å². The van der Waals surface area contributed by atoms with Gasteiger partial charge in [0.15, 0.2) is 5.96 Å². The number of rotatable bonds is 5. The smallest absolute Gasteiger partial charge is 0.194 e. The van der Waals surface area contributed by atoms with E-state index in [1.54, 1.807) is 6.20 Å². The highest BCUT2D eigenvalue weighted by atomic mass is 127. The predicted octanol–water partition coefficient (Wildman–Crippen LogP) is 2.47. The lowest BCUT2D eigenvalue weighted by molar-refractivity contribution is 0.187. The summed E-state index contributed by atoms with van der Waals surface area (Å²) < 4.78 is 0. The first-order chi connectivity index (χ1) is 10.6. The predicted molar refractivity (Wildman–Crippen MR) is 105 cm³/mol. The molecule has 1 fully saturated rings. The van der Waals surface area contributed by atoms with Gasteiger partial charge in [-0.3, -0.25) is 9.98 Å². The number of guanidine groups is 1. The molecule has 0 saturated carbocycles. The molecule has 1 aliphatic rings. The third-order valence-corrected chi connectivity index (χ3v) is 4.15. The Hall–Kier alpha value is -0.890. The van der Waals surface area contributed by atoms with E-state index in [9.17, 15) is 5.11 Å². The van der Waals surface area contributed by atoms with E-state index < -0.39 is 0 Å². The van der Waals surface area contributed by atoms with Crippen molar-refractivity contribution >= 4 is 29.9 Å². The fraction of sp³-hybridized carbons (Fsp3) is 0.647. The van der Waals surface area contributed by atoms with E-state index in [0.717, 1.165) is 32.0 Å². The lowest BCUT2D eigenvalue weighted by Gasteiger charge is -2.24. The summed E-state index contributed by atoms with van der Waals surface area (Å²) in [5.74, 6) is 1.77. The molecule has 1 aromatic heterocycles. The van der Waals surface area contributed by atoms with Crippen LogP contribution in [0.5, 0.6) is 0 Å². The highest BCUT2D eigenvalue weighted by Gasteiger charge is 2.23. The second kappa shape index (κ2) is 10.1. The first-order valence-corrected chi connectivity index (χ1v) is 8.23. The third-order valence-electron chi connectivity index (χ3n) is 4.15. The van der Waals surface area contributed by atoms with Gasteiger partial charge in [0.2, 0.25) is 0 Å². The van der Waals surface area contributed by atoms with E-state index in [1.165, 1.54) is 5.56 Å². The van der Waals surface area contributed by atoms with Gasteiger partial charge in [-0.05, 0) is 30.9 Å². The van der Waals surface area contributed by atoms with Crippen molar-refractivity contribution in [3.05, 3.63) is 30.1 Å². The molecule has 2 N–H and O–H groups in total. The van der Waals surface area contributed by atoms with Crippen molar-refractivity contribution in [1.82, 2.24) is 15.2 Å². The van der Waals surface area contributed by atoms with Gasteiger partial charge in [0.25, 0.3) is 0 Å². The van der Waals surface area contributed by atoms with Crippen molar-refractivity contribution in [2.75, 3.05) is 26.2 Å². The van der Waals surface area contributed by atoms with Crippen LogP contribution in [0.1, 0.15) is 38.7 Å². The van der Waals surface area contributed by atoms with Crippen LogP contribution in [0.3, 0.4) is 0 Å². The number of hydrogen-bond donors (Lipinski definition) is 2. The number of likely N-dealkylation sites (tertiary alicyclic amines) is 1. The van der Waals surface area contributed by atoms with Gasteiger partial charge in [-0.15, -0.1) is 24.0 Å². The van der Waals surface area contributed by atoms with E-state index in [0.29, 0.717) is 18.4 Å². The Morgan fingerprint density at radius 2 is 2.30 bits per heavy atom. The van der Waals surface area contributed by atoms with Gasteiger partial charge in [-0.1, -0.05) is 19.9 Å². The zero-order chi connectivity index (χ0) is 15.9. The first-order valence-electron chi connectivity index (χ1n) is 8.23. The molecule has 130 valence electrons. The van der Waals surface area contributed by atoms with Crippen molar-refractivity contribution in [3.8, 4) is 0 Å². The molecular weight excluding hydrogens is 403 g/mol. The quantitative estimate of drug-likeness (QED) is 0.427. The van der Waals surface area contributed by atoms with E-state index in [2.05, 4.69) is 42.0 Å². The molecular formula is C17H29IN4O. The number of aliphatic imine (C=N–C) groups is 1. The highest BCUT2D eigenvalue weighted by molar-refractivity contribution is 14.0. The maximum Gasteiger partial charge on any atom is 0.194 e. The average molecular weight is 432 g/mol. The summed E-state index contributed by atoms with van der Waals surface area (Å²) in [6, 6.07) is 4.11. The number of aliphatic hydroxyl groups excluding tert-OH is 1. The summed E-state index contributed by atoms with van der Waals surface area (Å²) in [5.41, 5.74) is 1.23. The molecule has 6 heteroatoms. The number of halogens is 1. The number of nitrogens with one attached hydrogen (secondary N) is 1. The van der Waals surface area contributed by atoms with Crippen LogP contribution < -0.4 is 5.32 Å². The molecule has 5 nitrogen and oxygen atoms in total. The Bertz CT molecular complexity index is 481. The highest BCUT2D eigenvalue weighted by Crippen LogP contribution is 2.24. The van der Waals surface area contributed by atoms with Gasteiger partial charge < -0.3 is 15.3 Å². The topological polar surface area (TPSA) is 60.8 Å². The van der Waals surface area contributed by atoms with Crippen molar-refractivity contribution in [1.29, 1.82) is 0 Å². The number of nitrogens with zero attached hydrogens (tertiary/aromatic N) is 3. The van der Waals surface area contributed by atoms with Crippen LogP contribution in [0.25, 0.3) is 0 Å². The summed E-state index contributed by atoms with van der Waals surface area (Å²) in [5, 5.41) is 13.1. The number of pyridine rings is 1. The van der Waals surface area contributed by atoms with Gasteiger partial charge in [-0.2, -0.15) is 0 Å². The Labute approximate surface area is 156 Å². The molecule has 1 aromatic rings. The van der Waals surface area contributed by atoms with Gasteiger partial charge in [0.05, 0.1) is 6.10 Å². The van der Waals surface area contributed by atoms with Crippen LogP contribution >= 0.6 is 24.0 Å². The summed E-state index contributed by atoms with van der Waals surface area (Å²) in [4.78, 5) is 11.2. The Morgan fingerprint density at radius 3 is 2.83 bits per heavy atom. The Balaban J connectivity index is 0.00000264. The number of aromatic nitrogens is 1. The molecule has 1 aliphatic heterocycles. The van der Waals surface area contributed by atoms with Gasteiger partial charge in [-0.25, -0.2) is 0 Å². The fourth-order valence-electron chi connectivity index (χ4n) is 2.84. The number of β-amino-alcohol motifs (C(OH)–C–C–N with tert-alkyl or cyclic N) is 1. The van der Waals surface area contributed by atoms with E-state index in [1.807, 2.05) is 12.3 Å². The SMILES string of the molecule is CCNC(=NCC(c1cccnc1)C(C)C)N1CC[C@@H](O)C1.I. The van der Waals surface area contributed by atoms with E-state index in [-0.39, 0.29) is 30.1 Å². The number of aliphatic hydroxyl groups is 1. The molecule has 1 saturated heterocycles. The van der Waals surface area contributed by atoms with Crippen LogP contribution in [0.4, 0.5) is 0 Å². The second-order valence-corrected chi connectivity index (χ2v) is 6.22. The van der Waals surface area contributed by atoms with Crippen molar-refractivity contribution in [2.45, 2.75) is 39.2 Å². The molecule has 0 aliphatic carbocycles. The normalized spacial score (nSPS) is 19.6.